The number of rotatable bonds is 5. The van der Waals surface area contributed by atoms with Crippen LogP contribution in [0.2, 0.25) is 0 Å². The van der Waals surface area contributed by atoms with Crippen LogP contribution < -0.4 is 10.6 Å². The summed E-state index contributed by atoms with van der Waals surface area (Å²) in [5, 5.41) is 6.76. The average Bonchev–Trinajstić information content (AvgIpc) is 3.11. The molecule has 0 amide bonds. The number of guanidine groups is 1. The first-order valence-corrected chi connectivity index (χ1v) is 6.77. The summed E-state index contributed by atoms with van der Waals surface area (Å²) >= 11 is 0. The van der Waals surface area contributed by atoms with Crippen molar-refractivity contribution in [3.63, 3.8) is 0 Å². The van der Waals surface area contributed by atoms with Gasteiger partial charge in [0.25, 0.3) is 0 Å². The molecule has 1 aliphatic carbocycles. The Kier molecular flexibility index (Phi) is 4.80. The highest BCUT2D eigenvalue weighted by Gasteiger charge is 2.33. The van der Waals surface area contributed by atoms with Crippen molar-refractivity contribution in [2.24, 2.45) is 10.9 Å². The molecule has 2 N–H and O–H groups in total. The third kappa shape index (κ3) is 4.24. The third-order valence-electron chi connectivity index (χ3n) is 3.42. The highest BCUT2D eigenvalue weighted by Crippen LogP contribution is 2.28. The van der Waals surface area contributed by atoms with Crippen LogP contribution in [0.15, 0.2) is 29.3 Å². The molecule has 0 heterocycles. The molecule has 104 valence electrons. The number of hydrogen-bond acceptors (Lipinski definition) is 2. The highest BCUT2D eigenvalue weighted by molar-refractivity contribution is 5.80. The van der Waals surface area contributed by atoms with Crippen LogP contribution in [0.4, 0.5) is 0 Å². The smallest absolute Gasteiger partial charge is 0.191 e. The summed E-state index contributed by atoms with van der Waals surface area (Å²) in [4.78, 5) is 4.25. The van der Waals surface area contributed by atoms with E-state index in [0.717, 1.165) is 18.4 Å². The minimum atomic E-state index is 0.589. The second-order valence-electron chi connectivity index (χ2n) is 5.14. The Hall–Kier alpha value is -1.55. The van der Waals surface area contributed by atoms with Crippen molar-refractivity contribution in [1.29, 1.82) is 0 Å². The fraction of sp³-hybridized carbons (Fsp3) is 0.533. The Morgan fingerprint density at radius 1 is 1.42 bits per heavy atom. The molecule has 1 aromatic rings. The fourth-order valence-electron chi connectivity index (χ4n) is 2.08. The number of ether oxygens (including phenoxy) is 1. The van der Waals surface area contributed by atoms with Gasteiger partial charge in [0.15, 0.2) is 5.96 Å². The summed E-state index contributed by atoms with van der Waals surface area (Å²) in [7, 11) is 3.53. The van der Waals surface area contributed by atoms with Gasteiger partial charge in [-0.25, -0.2) is 0 Å². The van der Waals surface area contributed by atoms with Crippen LogP contribution in [-0.2, 0) is 17.9 Å². The quantitative estimate of drug-likeness (QED) is 0.628. The number of methoxy groups -OCH3 is 1. The molecule has 0 bridgehead atoms. The van der Waals surface area contributed by atoms with E-state index in [-0.39, 0.29) is 0 Å². The Labute approximate surface area is 115 Å². The van der Waals surface area contributed by atoms with Crippen LogP contribution in [0.25, 0.3) is 0 Å². The summed E-state index contributed by atoms with van der Waals surface area (Å²) in [6, 6.07) is 8.99. The first-order valence-electron chi connectivity index (χ1n) is 6.77. The van der Waals surface area contributed by atoms with Crippen LogP contribution in [0.5, 0.6) is 0 Å². The molecule has 0 aliphatic heterocycles. The molecule has 4 heteroatoms. The number of benzene rings is 1. The molecule has 0 radical (unpaired) electrons. The molecular weight excluding hydrogens is 238 g/mol. The number of hydrogen-bond donors (Lipinski definition) is 2. The first kappa shape index (κ1) is 13.9. The largest absolute Gasteiger partial charge is 0.380 e. The van der Waals surface area contributed by atoms with Gasteiger partial charge in [-0.3, -0.25) is 4.99 Å². The molecule has 1 aromatic carbocycles. The molecule has 1 fully saturated rings. The van der Waals surface area contributed by atoms with Crippen molar-refractivity contribution < 1.29 is 4.74 Å². The van der Waals surface area contributed by atoms with E-state index in [2.05, 4.69) is 46.8 Å². The lowest BCUT2D eigenvalue weighted by Crippen LogP contribution is -2.38. The molecule has 2 rings (SSSR count). The monoisotopic (exact) mass is 261 g/mol. The van der Waals surface area contributed by atoms with Gasteiger partial charge in [-0.2, -0.15) is 0 Å². The van der Waals surface area contributed by atoms with Crippen molar-refractivity contribution in [2.75, 3.05) is 14.2 Å². The number of nitrogens with zero attached hydrogens (tertiary/aromatic N) is 1. The molecule has 19 heavy (non-hydrogen) atoms. The molecule has 1 saturated carbocycles. The Bertz CT molecular complexity index is 445. The van der Waals surface area contributed by atoms with Crippen LogP contribution in [-0.4, -0.2) is 26.2 Å². The van der Waals surface area contributed by atoms with Crippen LogP contribution in [0, 0.1) is 5.92 Å². The normalized spacial score (nSPS) is 22.2. The maximum Gasteiger partial charge on any atom is 0.191 e. The van der Waals surface area contributed by atoms with E-state index in [9.17, 15) is 0 Å². The second-order valence-corrected chi connectivity index (χ2v) is 5.14. The maximum absolute atomic E-state index is 5.15. The molecule has 4 nitrogen and oxygen atoms in total. The Morgan fingerprint density at radius 3 is 2.79 bits per heavy atom. The van der Waals surface area contributed by atoms with E-state index in [0.29, 0.717) is 12.6 Å². The zero-order valence-electron chi connectivity index (χ0n) is 11.9. The van der Waals surface area contributed by atoms with Crippen molar-refractivity contribution in [3.05, 3.63) is 35.4 Å². The van der Waals surface area contributed by atoms with E-state index in [1.54, 1.807) is 7.11 Å². The van der Waals surface area contributed by atoms with Gasteiger partial charge in [-0.1, -0.05) is 31.2 Å². The predicted molar refractivity (Wildman–Crippen MR) is 78.1 cm³/mol. The summed E-state index contributed by atoms with van der Waals surface area (Å²) in [6.45, 7) is 3.68. The summed E-state index contributed by atoms with van der Waals surface area (Å²) < 4.78 is 5.15. The molecule has 2 unspecified atom stereocenters. The minimum Gasteiger partial charge on any atom is -0.380 e. The maximum atomic E-state index is 5.15. The third-order valence-corrected chi connectivity index (χ3v) is 3.42. The van der Waals surface area contributed by atoms with Crippen molar-refractivity contribution >= 4 is 5.96 Å². The van der Waals surface area contributed by atoms with Crippen LogP contribution in [0.1, 0.15) is 24.5 Å². The van der Waals surface area contributed by atoms with Gasteiger partial charge in [0.05, 0.1) is 6.61 Å². The topological polar surface area (TPSA) is 45.7 Å². The molecule has 2 atom stereocenters. The van der Waals surface area contributed by atoms with Gasteiger partial charge in [0.2, 0.25) is 0 Å². The average molecular weight is 261 g/mol. The standard InChI is InChI=1S/C15H23N3O/c1-11-7-14(11)18-15(16-2)17-9-12-5-4-6-13(8-12)10-19-3/h4-6,8,11,14H,7,9-10H2,1-3H3,(H2,16,17,18). The fourth-order valence-corrected chi connectivity index (χ4v) is 2.08. The van der Waals surface area contributed by atoms with Crippen LogP contribution >= 0.6 is 0 Å². The van der Waals surface area contributed by atoms with E-state index in [1.807, 2.05) is 7.05 Å². The SMILES string of the molecule is CN=C(NCc1cccc(COC)c1)NC1CC1C. The highest BCUT2D eigenvalue weighted by atomic mass is 16.5. The predicted octanol–water partition coefficient (Wildman–Crippen LogP) is 1.91. The van der Waals surface area contributed by atoms with E-state index < -0.39 is 0 Å². The summed E-state index contributed by atoms with van der Waals surface area (Å²) in [6.07, 6.45) is 1.24. The van der Waals surface area contributed by atoms with Gasteiger partial charge >= 0.3 is 0 Å². The molecule has 1 aliphatic rings. The van der Waals surface area contributed by atoms with Gasteiger partial charge in [-0.05, 0) is 23.5 Å². The lowest BCUT2D eigenvalue weighted by molar-refractivity contribution is 0.185. The van der Waals surface area contributed by atoms with E-state index in [4.69, 9.17) is 4.74 Å². The Balaban J connectivity index is 1.84. The molecule has 0 saturated heterocycles. The van der Waals surface area contributed by atoms with Crippen molar-refractivity contribution in [2.45, 2.75) is 32.5 Å². The molecular formula is C15H23N3O. The Morgan fingerprint density at radius 2 is 2.16 bits per heavy atom. The number of nitrogens with one attached hydrogen (secondary N) is 2. The summed E-state index contributed by atoms with van der Waals surface area (Å²) in [5.74, 6) is 1.65. The van der Waals surface area contributed by atoms with E-state index in [1.165, 1.54) is 17.5 Å². The van der Waals surface area contributed by atoms with Gasteiger partial charge < -0.3 is 15.4 Å². The van der Waals surface area contributed by atoms with E-state index >= 15 is 0 Å². The lowest BCUT2D eigenvalue weighted by Gasteiger charge is -2.12. The van der Waals surface area contributed by atoms with Gasteiger partial charge in [0, 0.05) is 26.7 Å². The minimum absolute atomic E-state index is 0.589. The zero-order chi connectivity index (χ0) is 13.7. The second kappa shape index (κ2) is 6.57. The van der Waals surface area contributed by atoms with Crippen molar-refractivity contribution in [3.8, 4) is 0 Å². The first-order chi connectivity index (χ1) is 9.22. The summed E-state index contributed by atoms with van der Waals surface area (Å²) in [5.41, 5.74) is 2.43. The zero-order valence-corrected chi connectivity index (χ0v) is 11.9. The van der Waals surface area contributed by atoms with Crippen LogP contribution in [0.3, 0.4) is 0 Å². The molecule has 0 spiro atoms. The number of aliphatic imine (C=N–C) groups is 1. The lowest BCUT2D eigenvalue weighted by atomic mass is 10.1. The van der Waals surface area contributed by atoms with Crippen molar-refractivity contribution in [1.82, 2.24) is 10.6 Å². The molecule has 0 aromatic heterocycles. The van der Waals surface area contributed by atoms with Gasteiger partial charge in [-0.15, -0.1) is 0 Å². The van der Waals surface area contributed by atoms with Gasteiger partial charge in [0.1, 0.15) is 0 Å².